The van der Waals surface area contributed by atoms with Crippen LogP contribution in [-0.4, -0.2) is 23.1 Å². The molecule has 0 saturated heterocycles. The maximum atomic E-state index is 11.6. The number of carbonyl (C=O) groups excluding carboxylic acids is 1. The highest BCUT2D eigenvalue weighted by Crippen LogP contribution is 2.08. The lowest BCUT2D eigenvalue weighted by Crippen LogP contribution is -2.31. The first-order valence-corrected chi connectivity index (χ1v) is 5.51. The van der Waals surface area contributed by atoms with Crippen LogP contribution in [0.2, 0.25) is 0 Å². The third-order valence-electron chi connectivity index (χ3n) is 2.24. The molecule has 0 aliphatic heterocycles. The fraction of sp³-hybridized carbons (Fsp3) is 0.417. The molecule has 0 aliphatic rings. The fourth-order valence-electron chi connectivity index (χ4n) is 1.48. The first-order chi connectivity index (χ1) is 7.00. The first-order valence-electron chi connectivity index (χ1n) is 4.99. The molecule has 2 nitrogen and oxygen atoms in total. The van der Waals surface area contributed by atoms with E-state index in [1.165, 1.54) is 5.56 Å². The van der Waals surface area contributed by atoms with Crippen molar-refractivity contribution in [2.45, 2.75) is 25.6 Å². The minimum Gasteiger partial charge on any atom is -0.340 e. The third kappa shape index (κ3) is 3.59. The summed E-state index contributed by atoms with van der Waals surface area (Å²) in [5.74, 6) is 0.0554. The van der Waals surface area contributed by atoms with Gasteiger partial charge in [0.2, 0.25) is 5.91 Å². The van der Waals surface area contributed by atoms with Crippen molar-refractivity contribution < 1.29 is 4.79 Å². The average Bonchev–Trinajstić information content (AvgIpc) is 2.16. The van der Waals surface area contributed by atoms with Crippen molar-refractivity contribution in [3.8, 4) is 0 Å². The Hall–Kier alpha value is -0.960. The van der Waals surface area contributed by atoms with E-state index in [1.807, 2.05) is 25.1 Å². The second-order valence-electron chi connectivity index (χ2n) is 3.86. The van der Waals surface area contributed by atoms with Crippen LogP contribution in [0.4, 0.5) is 0 Å². The van der Waals surface area contributed by atoms with Gasteiger partial charge in [0.1, 0.15) is 0 Å². The van der Waals surface area contributed by atoms with Crippen molar-refractivity contribution in [1.29, 1.82) is 0 Å². The van der Waals surface area contributed by atoms with Crippen molar-refractivity contribution in [2.24, 2.45) is 0 Å². The number of rotatable bonds is 3. The van der Waals surface area contributed by atoms with E-state index in [9.17, 15) is 4.79 Å². The lowest BCUT2D eigenvalue weighted by molar-refractivity contribution is -0.129. The van der Waals surface area contributed by atoms with Crippen LogP contribution in [-0.2, 0) is 11.3 Å². The van der Waals surface area contributed by atoms with Crippen LogP contribution in [0.5, 0.6) is 0 Å². The van der Waals surface area contributed by atoms with E-state index < -0.39 is 0 Å². The molecule has 0 radical (unpaired) electrons. The van der Waals surface area contributed by atoms with Crippen LogP contribution >= 0.6 is 12.6 Å². The summed E-state index contributed by atoms with van der Waals surface area (Å²) in [4.78, 5) is 13.3. The number of amides is 1. The highest BCUT2D eigenvalue weighted by Gasteiger charge is 2.13. The van der Waals surface area contributed by atoms with Gasteiger partial charge in [-0.3, -0.25) is 4.79 Å². The molecular formula is C12H17NOS. The largest absolute Gasteiger partial charge is 0.340 e. The van der Waals surface area contributed by atoms with E-state index in [0.717, 1.165) is 5.56 Å². The summed E-state index contributed by atoms with van der Waals surface area (Å²) in [5, 5.41) is -0.236. The van der Waals surface area contributed by atoms with E-state index in [-0.39, 0.29) is 11.2 Å². The number of nitrogens with zero attached hydrogens (tertiary/aromatic N) is 1. The van der Waals surface area contributed by atoms with E-state index in [1.54, 1.807) is 18.9 Å². The van der Waals surface area contributed by atoms with Crippen LogP contribution in [0.3, 0.4) is 0 Å². The second kappa shape index (κ2) is 5.21. The quantitative estimate of drug-likeness (QED) is 0.779. The monoisotopic (exact) mass is 223 g/mol. The number of aryl methyl sites for hydroxylation is 1. The molecule has 0 N–H and O–H groups in total. The summed E-state index contributed by atoms with van der Waals surface area (Å²) in [5.41, 5.74) is 2.37. The molecule has 0 aromatic heterocycles. The van der Waals surface area contributed by atoms with Crippen molar-refractivity contribution >= 4 is 18.5 Å². The predicted octanol–water partition coefficient (Wildman–Crippen LogP) is 2.27. The predicted molar refractivity (Wildman–Crippen MR) is 66.1 cm³/mol. The molecule has 0 saturated carbocycles. The second-order valence-corrected chi connectivity index (χ2v) is 4.63. The first kappa shape index (κ1) is 12.1. The van der Waals surface area contributed by atoms with E-state index >= 15 is 0 Å². The molecule has 1 rings (SSSR count). The van der Waals surface area contributed by atoms with Gasteiger partial charge in [0.05, 0.1) is 5.25 Å². The molecule has 1 unspecified atom stereocenters. The maximum absolute atomic E-state index is 11.6. The summed E-state index contributed by atoms with van der Waals surface area (Å²) < 4.78 is 0. The smallest absolute Gasteiger partial charge is 0.235 e. The van der Waals surface area contributed by atoms with Gasteiger partial charge in [0.25, 0.3) is 0 Å². The van der Waals surface area contributed by atoms with Crippen molar-refractivity contribution in [1.82, 2.24) is 4.90 Å². The minimum absolute atomic E-state index is 0.0554. The normalized spacial score (nSPS) is 12.3. The maximum Gasteiger partial charge on any atom is 0.235 e. The van der Waals surface area contributed by atoms with Crippen LogP contribution in [0, 0.1) is 6.92 Å². The van der Waals surface area contributed by atoms with E-state index in [4.69, 9.17) is 0 Å². The third-order valence-corrected chi connectivity index (χ3v) is 2.46. The van der Waals surface area contributed by atoms with E-state index in [2.05, 4.69) is 18.7 Å². The average molecular weight is 223 g/mol. The minimum atomic E-state index is -0.236. The summed E-state index contributed by atoms with van der Waals surface area (Å²) in [6, 6.07) is 8.17. The Labute approximate surface area is 96.7 Å². The van der Waals surface area contributed by atoms with Crippen molar-refractivity contribution in [3.05, 3.63) is 35.4 Å². The Balaban J connectivity index is 2.66. The molecule has 0 bridgehead atoms. The fourth-order valence-corrected chi connectivity index (χ4v) is 1.68. The van der Waals surface area contributed by atoms with Crippen LogP contribution in [0.15, 0.2) is 24.3 Å². The molecule has 0 aliphatic carbocycles. The van der Waals surface area contributed by atoms with Gasteiger partial charge in [-0.05, 0) is 19.4 Å². The standard InChI is InChI=1S/C12H17NOS/c1-9-5-4-6-11(7-9)8-13(3)12(14)10(2)15/h4-7,10,15H,8H2,1-3H3. The number of benzene rings is 1. The van der Waals surface area contributed by atoms with Gasteiger partial charge in [-0.1, -0.05) is 29.8 Å². The molecule has 1 aromatic carbocycles. The SMILES string of the molecule is Cc1cccc(CN(C)C(=O)C(C)S)c1. The highest BCUT2D eigenvalue weighted by molar-refractivity contribution is 7.81. The summed E-state index contributed by atoms with van der Waals surface area (Å²) in [7, 11) is 1.80. The molecule has 1 amide bonds. The van der Waals surface area contributed by atoms with Gasteiger partial charge in [-0.15, -0.1) is 0 Å². The Kier molecular flexibility index (Phi) is 4.21. The van der Waals surface area contributed by atoms with Crippen LogP contribution < -0.4 is 0 Å². The van der Waals surface area contributed by atoms with Crippen molar-refractivity contribution in [2.75, 3.05) is 7.05 Å². The van der Waals surface area contributed by atoms with Crippen LogP contribution in [0.25, 0.3) is 0 Å². The zero-order chi connectivity index (χ0) is 11.4. The lowest BCUT2D eigenvalue weighted by atomic mass is 10.1. The van der Waals surface area contributed by atoms with Crippen molar-refractivity contribution in [3.63, 3.8) is 0 Å². The summed E-state index contributed by atoms with van der Waals surface area (Å²) >= 11 is 4.13. The molecular weight excluding hydrogens is 206 g/mol. The van der Waals surface area contributed by atoms with Gasteiger partial charge in [0.15, 0.2) is 0 Å². The Morgan fingerprint density at radius 1 is 1.53 bits per heavy atom. The molecule has 82 valence electrons. The molecule has 0 heterocycles. The Bertz CT molecular complexity index is 349. The van der Waals surface area contributed by atoms with E-state index in [0.29, 0.717) is 6.54 Å². The van der Waals surface area contributed by atoms with Crippen LogP contribution in [0.1, 0.15) is 18.1 Å². The Morgan fingerprint density at radius 2 is 2.20 bits per heavy atom. The zero-order valence-corrected chi connectivity index (χ0v) is 10.3. The Morgan fingerprint density at radius 3 is 2.73 bits per heavy atom. The number of thiol groups is 1. The molecule has 0 fully saturated rings. The zero-order valence-electron chi connectivity index (χ0n) is 9.40. The summed E-state index contributed by atoms with van der Waals surface area (Å²) in [6.07, 6.45) is 0. The number of carbonyl (C=O) groups is 1. The number of hydrogen-bond donors (Lipinski definition) is 1. The molecule has 1 aromatic rings. The molecule has 15 heavy (non-hydrogen) atoms. The number of hydrogen-bond acceptors (Lipinski definition) is 2. The van der Waals surface area contributed by atoms with Gasteiger partial charge >= 0.3 is 0 Å². The lowest BCUT2D eigenvalue weighted by Gasteiger charge is -2.19. The molecule has 1 atom stereocenters. The topological polar surface area (TPSA) is 20.3 Å². The molecule has 0 spiro atoms. The van der Waals surface area contributed by atoms with Gasteiger partial charge in [0, 0.05) is 13.6 Å². The van der Waals surface area contributed by atoms with Gasteiger partial charge in [-0.2, -0.15) is 12.6 Å². The summed E-state index contributed by atoms with van der Waals surface area (Å²) in [6.45, 7) is 4.48. The van der Waals surface area contributed by atoms with Gasteiger partial charge < -0.3 is 4.90 Å². The molecule has 3 heteroatoms. The highest BCUT2D eigenvalue weighted by atomic mass is 32.1. The van der Waals surface area contributed by atoms with Gasteiger partial charge in [-0.25, -0.2) is 0 Å².